The van der Waals surface area contributed by atoms with Crippen LogP contribution in [-0.4, -0.2) is 61.5 Å². The van der Waals surface area contributed by atoms with Crippen LogP contribution in [0.15, 0.2) is 66.9 Å². The average molecular weight is 629 g/mol. The van der Waals surface area contributed by atoms with Crippen molar-refractivity contribution in [3.8, 4) is 17.6 Å². The Morgan fingerprint density at radius 2 is 1.78 bits per heavy atom. The van der Waals surface area contributed by atoms with Crippen LogP contribution in [0.1, 0.15) is 48.9 Å². The van der Waals surface area contributed by atoms with Gasteiger partial charge in [-0.1, -0.05) is 41.9 Å². The Morgan fingerprint density at radius 1 is 1.02 bits per heavy atom. The van der Waals surface area contributed by atoms with Crippen LogP contribution in [0.3, 0.4) is 0 Å². The minimum absolute atomic E-state index is 0.00873. The molecule has 0 aliphatic carbocycles. The zero-order valence-corrected chi connectivity index (χ0v) is 27.3. The van der Waals surface area contributed by atoms with E-state index < -0.39 is 0 Å². The Balaban J connectivity index is 1.70. The number of pyridine rings is 1. The third-order valence-electron chi connectivity index (χ3n) is 7.78. The lowest BCUT2D eigenvalue weighted by Gasteiger charge is -2.30. The van der Waals surface area contributed by atoms with E-state index >= 15 is 0 Å². The lowest BCUT2D eigenvalue weighted by molar-refractivity contribution is -0.119. The van der Waals surface area contributed by atoms with Crippen molar-refractivity contribution < 1.29 is 14.3 Å². The number of carbonyl (C=O) groups excluding carboxylic acids is 1. The molecule has 0 radical (unpaired) electrons. The zero-order valence-electron chi connectivity index (χ0n) is 26.5. The number of halogens is 1. The van der Waals surface area contributed by atoms with E-state index in [1.54, 1.807) is 12.3 Å². The van der Waals surface area contributed by atoms with Gasteiger partial charge >= 0.3 is 0 Å². The maximum absolute atomic E-state index is 11.7. The largest absolute Gasteiger partial charge is 0.493 e. The molecule has 2 unspecified atom stereocenters. The highest BCUT2D eigenvalue weighted by atomic mass is 35.5. The van der Waals surface area contributed by atoms with Gasteiger partial charge in [0.25, 0.3) is 0 Å². The van der Waals surface area contributed by atoms with Gasteiger partial charge in [-0.15, -0.1) is 0 Å². The molecule has 0 bridgehead atoms. The maximum atomic E-state index is 11.7. The van der Waals surface area contributed by atoms with E-state index in [1.807, 2.05) is 88.5 Å². The number of nitrogens with one attached hydrogen (secondary N) is 1. The smallest absolute Gasteiger partial charge is 0.218 e. The average Bonchev–Trinajstić information content (AvgIpc) is 3.00. The van der Waals surface area contributed by atoms with Gasteiger partial charge in [0.05, 0.1) is 28.4 Å². The molecule has 4 rings (SSSR count). The first-order valence-electron chi connectivity index (χ1n) is 14.9. The number of hydrogen-bond donors (Lipinski definition) is 2. The first kappa shape index (κ1) is 33.5. The fourth-order valence-electron chi connectivity index (χ4n) is 5.39. The molecule has 2 atom stereocenters. The van der Waals surface area contributed by atoms with Crippen molar-refractivity contribution >= 4 is 39.8 Å². The maximum Gasteiger partial charge on any atom is 0.218 e. The van der Waals surface area contributed by atoms with Crippen LogP contribution in [0.25, 0.3) is 10.9 Å². The monoisotopic (exact) mass is 628 g/mol. The molecule has 0 aliphatic heterocycles. The predicted molar refractivity (Wildman–Crippen MR) is 180 cm³/mol. The minimum Gasteiger partial charge on any atom is -0.493 e. The topological polar surface area (TPSA) is 117 Å². The number of nitrogens with zero attached hydrogens (tertiary/aromatic N) is 4. The molecule has 3 N–H and O–H groups in total. The third kappa shape index (κ3) is 8.64. The van der Waals surface area contributed by atoms with Crippen LogP contribution < -0.4 is 20.5 Å². The summed E-state index contributed by atoms with van der Waals surface area (Å²) in [6.07, 6.45) is 3.35. The number of primary amides is 1. The summed E-state index contributed by atoms with van der Waals surface area (Å²) in [6, 6.07) is 21.6. The first-order valence-corrected chi connectivity index (χ1v) is 15.3. The quantitative estimate of drug-likeness (QED) is 0.150. The second-order valence-corrected chi connectivity index (χ2v) is 11.8. The van der Waals surface area contributed by atoms with Gasteiger partial charge in [-0.25, -0.2) is 0 Å². The molecule has 45 heavy (non-hydrogen) atoms. The molecule has 3 aromatic carbocycles. The van der Waals surface area contributed by atoms with E-state index in [0.717, 1.165) is 35.1 Å². The minimum atomic E-state index is -0.322. The highest BCUT2D eigenvalue weighted by Crippen LogP contribution is 2.39. The highest BCUT2D eigenvalue weighted by Gasteiger charge is 2.24. The van der Waals surface area contributed by atoms with Crippen molar-refractivity contribution in [3.05, 3.63) is 88.6 Å². The summed E-state index contributed by atoms with van der Waals surface area (Å²) < 4.78 is 12.1. The molecule has 9 nitrogen and oxygen atoms in total. The van der Waals surface area contributed by atoms with Crippen molar-refractivity contribution in [3.63, 3.8) is 0 Å². The summed E-state index contributed by atoms with van der Waals surface area (Å²) in [5.74, 6) is 0.972. The number of hydrogen-bond acceptors (Lipinski definition) is 8. The molecule has 0 aliphatic rings. The fraction of sp³-hybridized carbons (Fsp3) is 0.343. The van der Waals surface area contributed by atoms with Crippen LogP contribution in [-0.2, 0) is 11.4 Å². The Labute approximate surface area is 270 Å². The van der Waals surface area contributed by atoms with Crippen molar-refractivity contribution in [2.24, 2.45) is 5.73 Å². The number of nitrogens with two attached hydrogens (primary N) is 1. The number of fused-ring (bicyclic) bond motifs is 1. The van der Waals surface area contributed by atoms with Gasteiger partial charge in [0, 0.05) is 47.4 Å². The van der Waals surface area contributed by atoms with Gasteiger partial charge in [0.1, 0.15) is 24.2 Å². The van der Waals surface area contributed by atoms with Crippen molar-refractivity contribution in [1.82, 2.24) is 14.8 Å². The number of carbonyl (C=O) groups is 1. The molecular weight excluding hydrogens is 588 g/mol. The molecule has 1 aromatic heterocycles. The Hall–Kier alpha value is -4.36. The van der Waals surface area contributed by atoms with E-state index in [0.29, 0.717) is 46.4 Å². The zero-order chi connectivity index (χ0) is 32.5. The predicted octanol–water partition coefficient (Wildman–Crippen LogP) is 6.67. The summed E-state index contributed by atoms with van der Waals surface area (Å²) in [5.41, 5.74) is 9.97. The first-order chi connectivity index (χ1) is 21.6. The van der Waals surface area contributed by atoms with Crippen LogP contribution in [0.2, 0.25) is 5.02 Å². The number of nitriles is 1. The molecule has 1 amide bonds. The van der Waals surface area contributed by atoms with E-state index in [-0.39, 0.29) is 24.4 Å². The Morgan fingerprint density at radius 3 is 2.40 bits per heavy atom. The highest BCUT2D eigenvalue weighted by molar-refractivity contribution is 6.32. The number of benzene rings is 3. The van der Waals surface area contributed by atoms with Crippen LogP contribution in [0, 0.1) is 11.3 Å². The molecule has 0 saturated carbocycles. The van der Waals surface area contributed by atoms with Gasteiger partial charge in [-0.3, -0.25) is 9.78 Å². The molecule has 0 fully saturated rings. The van der Waals surface area contributed by atoms with E-state index in [2.05, 4.69) is 27.3 Å². The Kier molecular flexibility index (Phi) is 11.6. The van der Waals surface area contributed by atoms with Crippen molar-refractivity contribution in [1.29, 1.82) is 5.26 Å². The fourth-order valence-corrected chi connectivity index (χ4v) is 5.62. The molecule has 10 heteroatoms. The second-order valence-electron chi connectivity index (χ2n) is 11.4. The van der Waals surface area contributed by atoms with Crippen molar-refractivity contribution in [2.75, 3.05) is 40.1 Å². The van der Waals surface area contributed by atoms with Gasteiger partial charge in [-0.05, 0) is 77.8 Å². The lowest BCUT2D eigenvalue weighted by Crippen LogP contribution is -2.34. The summed E-state index contributed by atoms with van der Waals surface area (Å²) in [5, 5.41) is 14.7. The van der Waals surface area contributed by atoms with Gasteiger partial charge in [-0.2, -0.15) is 5.26 Å². The SMILES string of the molecule is CCOc1cc2ncc(C#N)c(Nc3ccc(OCc4ccccc4)c(Cl)c3)c2cc1C(CCC(CC(N)=O)N(C)C)N(C)C. The van der Waals surface area contributed by atoms with Crippen LogP contribution >= 0.6 is 11.6 Å². The standard InChI is InChI=1S/C35H41ClN6O3/c1-6-44-33-19-30-27(18-28(33)31(42(4)5)14-13-26(41(2)3)17-34(38)43)35(24(20-37)21-39-30)40-25-12-15-32(29(36)16-25)45-22-23-10-8-7-9-11-23/h7-12,15-16,18-19,21,26,31H,6,13-14,17,22H2,1-5H3,(H2,38,43)(H,39,40). The summed E-state index contributed by atoms with van der Waals surface area (Å²) in [4.78, 5) is 20.5. The number of ether oxygens (including phenoxy) is 2. The molecule has 0 spiro atoms. The molecule has 4 aromatic rings. The second kappa shape index (κ2) is 15.6. The van der Waals surface area contributed by atoms with Crippen LogP contribution in [0.5, 0.6) is 11.5 Å². The number of aromatic nitrogens is 1. The number of amides is 1. The van der Waals surface area contributed by atoms with Gasteiger partial charge in [0.15, 0.2) is 0 Å². The number of anilines is 2. The lowest BCUT2D eigenvalue weighted by atomic mass is 9.94. The van der Waals surface area contributed by atoms with E-state index in [9.17, 15) is 10.1 Å². The number of rotatable bonds is 15. The molecule has 236 valence electrons. The third-order valence-corrected chi connectivity index (χ3v) is 8.08. The Bertz CT molecular complexity index is 1660. The normalized spacial score (nSPS) is 12.6. The summed E-state index contributed by atoms with van der Waals surface area (Å²) >= 11 is 6.63. The molecular formula is C35H41ClN6O3. The molecule has 1 heterocycles. The van der Waals surface area contributed by atoms with E-state index in [1.165, 1.54) is 0 Å². The van der Waals surface area contributed by atoms with E-state index in [4.69, 9.17) is 26.8 Å². The summed E-state index contributed by atoms with van der Waals surface area (Å²) in [7, 11) is 7.97. The van der Waals surface area contributed by atoms with Gasteiger partial charge in [0.2, 0.25) is 5.91 Å². The van der Waals surface area contributed by atoms with Crippen LogP contribution in [0.4, 0.5) is 11.4 Å². The molecule has 0 saturated heterocycles. The van der Waals surface area contributed by atoms with Gasteiger partial charge < -0.3 is 30.3 Å². The van der Waals surface area contributed by atoms with Crippen molar-refractivity contribution in [2.45, 2.75) is 44.9 Å². The summed E-state index contributed by atoms with van der Waals surface area (Å²) in [6.45, 7) is 2.83.